The van der Waals surface area contributed by atoms with Gasteiger partial charge in [0.05, 0.1) is 18.8 Å². The van der Waals surface area contributed by atoms with Gasteiger partial charge in [-0.25, -0.2) is 0 Å². The summed E-state index contributed by atoms with van der Waals surface area (Å²) < 4.78 is 0. The van der Waals surface area contributed by atoms with Crippen LogP contribution in [0.25, 0.3) is 0 Å². The molecule has 0 aliphatic rings. The Morgan fingerprint density at radius 2 is 0.778 bits per heavy atom. The van der Waals surface area contributed by atoms with Gasteiger partial charge in [-0.3, -0.25) is 4.79 Å². The van der Waals surface area contributed by atoms with Crippen LogP contribution in [0.3, 0.4) is 0 Å². The Morgan fingerprint density at radius 3 is 1.20 bits per heavy atom. The Kier molecular flexibility index (Phi) is 43.9. The quantitative estimate of drug-likeness (QED) is 0.0429. The van der Waals surface area contributed by atoms with Crippen LogP contribution >= 0.6 is 0 Å². The second kappa shape index (κ2) is 45.5. The molecule has 0 aromatic heterocycles. The molecule has 0 saturated heterocycles. The van der Waals surface area contributed by atoms with Crippen LogP contribution in [0.15, 0.2) is 60.8 Å². The molecule has 0 bridgehead atoms. The highest BCUT2D eigenvalue weighted by molar-refractivity contribution is 5.76. The molecule has 0 spiro atoms. The zero-order chi connectivity index (χ0) is 39.3. The second-order valence-electron chi connectivity index (χ2n) is 15.8. The number of rotatable bonds is 42. The largest absolute Gasteiger partial charge is 0.394 e. The first-order valence-electron chi connectivity index (χ1n) is 23.5. The van der Waals surface area contributed by atoms with Gasteiger partial charge in [0.1, 0.15) is 0 Å². The van der Waals surface area contributed by atoms with Gasteiger partial charge in [0.2, 0.25) is 5.91 Å². The fourth-order valence-electron chi connectivity index (χ4n) is 6.85. The number of carbonyl (C=O) groups is 1. The van der Waals surface area contributed by atoms with Gasteiger partial charge in [0, 0.05) is 6.42 Å². The molecule has 0 aliphatic heterocycles. The van der Waals surface area contributed by atoms with E-state index >= 15 is 0 Å². The van der Waals surface area contributed by atoms with Crippen LogP contribution < -0.4 is 5.32 Å². The molecular formula is C50H91NO3. The summed E-state index contributed by atoms with van der Waals surface area (Å²) in [6, 6.07) is -0.645. The molecule has 0 heterocycles. The standard InChI is InChI=1S/C50H91NO3/c1-3-5-7-9-11-13-15-17-19-21-23-24-25-26-28-30-32-34-36-38-40-42-44-46-50(54)51-48(47-52)49(53)45-43-41-39-37-35-33-31-29-27-22-20-18-16-14-12-10-8-6-4-2/h15,17,21,23,25-26,35,37,43,45,48-49,52-53H,3-14,16,18-20,22,24,27-34,36,38-42,44,46-47H2,1-2H3,(H,51,54)/b17-15-,23-21-,26-25-,37-35+,45-43+. The summed E-state index contributed by atoms with van der Waals surface area (Å²) in [6.07, 6.45) is 63.3. The van der Waals surface area contributed by atoms with Crippen molar-refractivity contribution in [3.8, 4) is 0 Å². The molecule has 0 radical (unpaired) electrons. The molecule has 0 aromatic carbocycles. The Hall–Kier alpha value is -1.91. The van der Waals surface area contributed by atoms with E-state index in [1.807, 2.05) is 6.08 Å². The molecule has 1 amide bonds. The highest BCUT2D eigenvalue weighted by Crippen LogP contribution is 2.14. The number of nitrogens with one attached hydrogen (secondary N) is 1. The summed E-state index contributed by atoms with van der Waals surface area (Å²) in [6.45, 7) is 4.29. The fraction of sp³-hybridized carbons (Fsp3) is 0.780. The van der Waals surface area contributed by atoms with Gasteiger partial charge in [-0.2, -0.15) is 0 Å². The van der Waals surface area contributed by atoms with Gasteiger partial charge in [-0.1, -0.05) is 216 Å². The first-order valence-corrected chi connectivity index (χ1v) is 23.5. The van der Waals surface area contributed by atoms with Crippen LogP contribution in [0.1, 0.15) is 232 Å². The van der Waals surface area contributed by atoms with Crippen molar-refractivity contribution in [1.82, 2.24) is 5.32 Å². The number of hydrogen-bond acceptors (Lipinski definition) is 3. The zero-order valence-corrected chi connectivity index (χ0v) is 36.0. The van der Waals surface area contributed by atoms with Gasteiger partial charge in [0.15, 0.2) is 0 Å². The van der Waals surface area contributed by atoms with Crippen molar-refractivity contribution in [3.05, 3.63) is 60.8 Å². The minimum atomic E-state index is -0.868. The van der Waals surface area contributed by atoms with E-state index in [0.717, 1.165) is 51.4 Å². The molecule has 0 fully saturated rings. The lowest BCUT2D eigenvalue weighted by Gasteiger charge is -2.19. The maximum absolute atomic E-state index is 12.4. The van der Waals surface area contributed by atoms with E-state index in [1.165, 1.54) is 161 Å². The first kappa shape index (κ1) is 52.1. The molecule has 54 heavy (non-hydrogen) atoms. The summed E-state index contributed by atoms with van der Waals surface area (Å²) in [5.74, 6) is -0.0820. The van der Waals surface area contributed by atoms with Crippen molar-refractivity contribution < 1.29 is 15.0 Å². The molecule has 314 valence electrons. The molecular weight excluding hydrogens is 663 g/mol. The van der Waals surface area contributed by atoms with Crippen LogP contribution in [0, 0.1) is 0 Å². The van der Waals surface area contributed by atoms with Crippen LogP contribution in [-0.4, -0.2) is 34.9 Å². The van der Waals surface area contributed by atoms with E-state index in [4.69, 9.17) is 0 Å². The zero-order valence-electron chi connectivity index (χ0n) is 36.0. The fourth-order valence-corrected chi connectivity index (χ4v) is 6.85. The Balaban J connectivity index is 3.63. The van der Waals surface area contributed by atoms with Crippen molar-refractivity contribution in [2.24, 2.45) is 0 Å². The lowest BCUT2D eigenvalue weighted by molar-refractivity contribution is -0.123. The van der Waals surface area contributed by atoms with E-state index in [9.17, 15) is 15.0 Å². The molecule has 4 nitrogen and oxygen atoms in total. The van der Waals surface area contributed by atoms with Crippen molar-refractivity contribution in [2.45, 2.75) is 244 Å². The summed E-state index contributed by atoms with van der Waals surface area (Å²) in [5.41, 5.74) is 0. The monoisotopic (exact) mass is 754 g/mol. The Morgan fingerprint density at radius 1 is 0.444 bits per heavy atom. The normalized spacial score (nSPS) is 13.5. The summed E-state index contributed by atoms with van der Waals surface area (Å²) >= 11 is 0. The van der Waals surface area contributed by atoms with Gasteiger partial charge in [0.25, 0.3) is 0 Å². The highest BCUT2D eigenvalue weighted by Gasteiger charge is 2.17. The number of carbonyl (C=O) groups excluding carboxylic acids is 1. The number of hydrogen-bond donors (Lipinski definition) is 3. The number of allylic oxidation sites excluding steroid dienone is 9. The van der Waals surface area contributed by atoms with Crippen LogP contribution in [0.2, 0.25) is 0 Å². The first-order chi connectivity index (χ1) is 26.7. The second-order valence-corrected chi connectivity index (χ2v) is 15.8. The van der Waals surface area contributed by atoms with Crippen molar-refractivity contribution in [2.75, 3.05) is 6.61 Å². The van der Waals surface area contributed by atoms with Crippen LogP contribution in [0.5, 0.6) is 0 Å². The van der Waals surface area contributed by atoms with Gasteiger partial charge >= 0.3 is 0 Å². The lowest BCUT2D eigenvalue weighted by atomic mass is 10.0. The molecule has 0 aromatic rings. The third kappa shape index (κ3) is 41.3. The van der Waals surface area contributed by atoms with E-state index in [0.29, 0.717) is 6.42 Å². The average molecular weight is 754 g/mol. The maximum atomic E-state index is 12.4. The number of aliphatic hydroxyl groups excluding tert-OH is 2. The minimum Gasteiger partial charge on any atom is -0.394 e. The predicted octanol–water partition coefficient (Wildman–Crippen LogP) is 14.9. The topological polar surface area (TPSA) is 69.6 Å². The molecule has 2 atom stereocenters. The van der Waals surface area contributed by atoms with Crippen molar-refractivity contribution in [1.29, 1.82) is 0 Å². The van der Waals surface area contributed by atoms with Gasteiger partial charge in [-0.15, -0.1) is 0 Å². The summed E-state index contributed by atoms with van der Waals surface area (Å²) in [4.78, 5) is 12.4. The van der Waals surface area contributed by atoms with E-state index in [-0.39, 0.29) is 12.5 Å². The number of unbranched alkanes of at least 4 members (excludes halogenated alkanes) is 27. The molecule has 3 N–H and O–H groups in total. The van der Waals surface area contributed by atoms with Crippen molar-refractivity contribution >= 4 is 5.91 Å². The molecule has 4 heteroatoms. The van der Waals surface area contributed by atoms with Crippen LogP contribution in [-0.2, 0) is 4.79 Å². The third-order valence-corrected chi connectivity index (χ3v) is 10.5. The number of amides is 1. The van der Waals surface area contributed by atoms with E-state index < -0.39 is 12.1 Å². The van der Waals surface area contributed by atoms with Gasteiger partial charge in [-0.05, 0) is 70.6 Å². The highest BCUT2D eigenvalue weighted by atomic mass is 16.3. The number of aliphatic hydroxyl groups is 2. The van der Waals surface area contributed by atoms with Crippen LogP contribution in [0.4, 0.5) is 0 Å². The minimum absolute atomic E-state index is 0.0820. The molecule has 0 rings (SSSR count). The van der Waals surface area contributed by atoms with E-state index in [1.54, 1.807) is 6.08 Å². The van der Waals surface area contributed by atoms with Crippen molar-refractivity contribution in [3.63, 3.8) is 0 Å². The average Bonchev–Trinajstić information content (AvgIpc) is 3.18. The smallest absolute Gasteiger partial charge is 0.220 e. The summed E-state index contributed by atoms with van der Waals surface area (Å²) in [5, 5.41) is 23.0. The molecule has 0 saturated carbocycles. The lowest BCUT2D eigenvalue weighted by Crippen LogP contribution is -2.45. The van der Waals surface area contributed by atoms with E-state index in [2.05, 4.69) is 67.8 Å². The SMILES string of the molecule is CCCCCCC/C=C\C/C=C\C/C=C\CCCCCCCCCCC(=O)NC(CO)C(O)/C=C/CC/C=C/CCCCCCCCCCCCCCC. The Bertz CT molecular complexity index is 904. The summed E-state index contributed by atoms with van der Waals surface area (Å²) in [7, 11) is 0. The Labute approximate surface area is 336 Å². The molecule has 2 unspecified atom stereocenters. The van der Waals surface area contributed by atoms with Gasteiger partial charge < -0.3 is 15.5 Å². The predicted molar refractivity (Wildman–Crippen MR) is 239 cm³/mol. The third-order valence-electron chi connectivity index (χ3n) is 10.5. The molecule has 0 aliphatic carbocycles. The maximum Gasteiger partial charge on any atom is 0.220 e.